The van der Waals surface area contributed by atoms with E-state index in [1.165, 1.54) is 19.3 Å². The molecule has 128 valence electrons. The summed E-state index contributed by atoms with van der Waals surface area (Å²) in [6.07, 6.45) is 6.67. The van der Waals surface area contributed by atoms with E-state index in [9.17, 15) is 4.79 Å². The molecule has 0 bridgehead atoms. The van der Waals surface area contributed by atoms with Crippen LogP contribution in [0.2, 0.25) is 5.02 Å². The summed E-state index contributed by atoms with van der Waals surface area (Å²) in [5.74, 6) is 0. The molecule has 0 aliphatic heterocycles. The second kappa shape index (κ2) is 8.49. The molecule has 0 atom stereocenters. The van der Waals surface area contributed by atoms with Gasteiger partial charge < -0.3 is 10.6 Å². The van der Waals surface area contributed by atoms with Crippen molar-refractivity contribution in [1.82, 2.24) is 15.6 Å². The minimum atomic E-state index is -0.0601. The van der Waals surface area contributed by atoms with Crippen molar-refractivity contribution < 1.29 is 4.79 Å². The van der Waals surface area contributed by atoms with Gasteiger partial charge in [0.2, 0.25) is 0 Å². The van der Waals surface area contributed by atoms with Gasteiger partial charge in [-0.25, -0.2) is 9.78 Å². The number of urea groups is 1. The van der Waals surface area contributed by atoms with Gasteiger partial charge in [0.1, 0.15) is 5.01 Å². The summed E-state index contributed by atoms with van der Waals surface area (Å²) < 4.78 is 0. The van der Waals surface area contributed by atoms with Gasteiger partial charge in [0.15, 0.2) is 0 Å². The number of carbonyl (C=O) groups excluding carboxylic acids is 1. The molecule has 1 heterocycles. The van der Waals surface area contributed by atoms with Crippen LogP contribution in [0.15, 0.2) is 29.6 Å². The van der Waals surface area contributed by atoms with Gasteiger partial charge in [0, 0.05) is 35.0 Å². The molecule has 3 rings (SSSR count). The fraction of sp³-hybridized carbons (Fsp3) is 0.444. The number of amides is 2. The van der Waals surface area contributed by atoms with Crippen LogP contribution in [0.5, 0.6) is 0 Å². The van der Waals surface area contributed by atoms with Crippen LogP contribution in [-0.2, 0) is 6.42 Å². The number of carbonyl (C=O) groups is 1. The molecule has 2 amide bonds. The van der Waals surface area contributed by atoms with Gasteiger partial charge in [-0.15, -0.1) is 11.3 Å². The van der Waals surface area contributed by atoms with Crippen molar-refractivity contribution in [3.8, 4) is 10.6 Å². The Balaban J connectivity index is 1.43. The molecule has 0 unspecified atom stereocenters. The lowest BCUT2D eigenvalue weighted by atomic mass is 9.96. The van der Waals surface area contributed by atoms with Crippen molar-refractivity contribution in [2.24, 2.45) is 0 Å². The number of nitrogens with one attached hydrogen (secondary N) is 2. The second-order valence-electron chi connectivity index (χ2n) is 6.14. The van der Waals surface area contributed by atoms with Gasteiger partial charge in [-0.2, -0.15) is 0 Å². The first-order valence-corrected chi connectivity index (χ1v) is 9.71. The van der Waals surface area contributed by atoms with Gasteiger partial charge in [0.05, 0.1) is 5.69 Å². The van der Waals surface area contributed by atoms with Crippen molar-refractivity contribution in [1.29, 1.82) is 0 Å². The Hall–Kier alpha value is -1.59. The third kappa shape index (κ3) is 4.95. The Morgan fingerprint density at radius 2 is 1.96 bits per heavy atom. The molecule has 1 aliphatic carbocycles. The first-order valence-electron chi connectivity index (χ1n) is 8.45. The van der Waals surface area contributed by atoms with Crippen LogP contribution in [0, 0.1) is 0 Å². The minimum Gasteiger partial charge on any atom is -0.338 e. The molecule has 0 spiro atoms. The Morgan fingerprint density at radius 3 is 2.71 bits per heavy atom. The van der Waals surface area contributed by atoms with Gasteiger partial charge in [-0.3, -0.25) is 0 Å². The first kappa shape index (κ1) is 17.2. The number of nitrogens with zero attached hydrogens (tertiary/aromatic N) is 1. The highest BCUT2D eigenvalue weighted by Gasteiger charge is 2.15. The van der Waals surface area contributed by atoms with Crippen molar-refractivity contribution in [3.63, 3.8) is 0 Å². The summed E-state index contributed by atoms with van der Waals surface area (Å²) in [7, 11) is 0. The monoisotopic (exact) mass is 363 g/mol. The smallest absolute Gasteiger partial charge is 0.315 e. The van der Waals surface area contributed by atoms with Crippen LogP contribution in [-0.4, -0.2) is 23.6 Å². The summed E-state index contributed by atoms with van der Waals surface area (Å²) in [5, 5.41) is 9.75. The van der Waals surface area contributed by atoms with Crippen LogP contribution in [0.25, 0.3) is 10.6 Å². The maximum absolute atomic E-state index is 11.9. The van der Waals surface area contributed by atoms with E-state index in [2.05, 4.69) is 15.6 Å². The zero-order valence-corrected chi connectivity index (χ0v) is 15.1. The van der Waals surface area contributed by atoms with Gasteiger partial charge in [0.25, 0.3) is 0 Å². The lowest BCUT2D eigenvalue weighted by Crippen LogP contribution is -2.43. The average molecular weight is 364 g/mol. The van der Waals surface area contributed by atoms with E-state index in [1.807, 2.05) is 29.6 Å². The van der Waals surface area contributed by atoms with E-state index in [0.29, 0.717) is 12.6 Å². The fourth-order valence-electron chi connectivity index (χ4n) is 2.93. The van der Waals surface area contributed by atoms with E-state index in [0.717, 1.165) is 40.6 Å². The highest BCUT2D eigenvalue weighted by Crippen LogP contribution is 2.25. The maximum Gasteiger partial charge on any atom is 0.315 e. The summed E-state index contributed by atoms with van der Waals surface area (Å²) in [4.78, 5) is 16.5. The highest BCUT2D eigenvalue weighted by molar-refractivity contribution is 7.13. The largest absolute Gasteiger partial charge is 0.338 e. The van der Waals surface area contributed by atoms with Crippen LogP contribution in [0.1, 0.15) is 37.8 Å². The number of thiazole rings is 1. The van der Waals surface area contributed by atoms with Crippen LogP contribution in [0.4, 0.5) is 4.79 Å². The molecular weight excluding hydrogens is 342 g/mol. The van der Waals surface area contributed by atoms with Crippen LogP contribution >= 0.6 is 22.9 Å². The lowest BCUT2D eigenvalue weighted by molar-refractivity contribution is 0.233. The predicted molar refractivity (Wildman–Crippen MR) is 99.7 cm³/mol. The quantitative estimate of drug-likeness (QED) is 0.813. The molecule has 1 saturated carbocycles. The molecule has 0 saturated heterocycles. The normalized spacial score (nSPS) is 15.2. The van der Waals surface area contributed by atoms with E-state index in [1.54, 1.807) is 11.3 Å². The molecular formula is C18H22ClN3OS. The topological polar surface area (TPSA) is 54.0 Å². The van der Waals surface area contributed by atoms with E-state index in [4.69, 9.17) is 11.6 Å². The first-order chi connectivity index (χ1) is 11.7. The third-order valence-corrected chi connectivity index (χ3v) is 5.44. The zero-order valence-electron chi connectivity index (χ0n) is 13.6. The molecule has 1 aromatic heterocycles. The molecule has 24 heavy (non-hydrogen) atoms. The molecule has 1 fully saturated rings. The molecule has 6 heteroatoms. The SMILES string of the molecule is O=C(NCCc1csc(-c2ccc(Cl)cc2)n1)NC1CCCCC1. The molecule has 2 aromatic rings. The summed E-state index contributed by atoms with van der Waals surface area (Å²) >= 11 is 7.52. The fourth-order valence-corrected chi connectivity index (χ4v) is 3.92. The van der Waals surface area contributed by atoms with Gasteiger partial charge >= 0.3 is 6.03 Å². The third-order valence-electron chi connectivity index (χ3n) is 4.25. The maximum atomic E-state index is 11.9. The standard InChI is InChI=1S/C18H22ClN3OS/c19-14-8-6-13(7-9-14)17-21-16(12-24-17)10-11-20-18(23)22-15-4-2-1-3-5-15/h6-9,12,15H,1-5,10-11H2,(H2,20,22,23). The molecule has 0 radical (unpaired) electrons. The van der Waals surface area contributed by atoms with Crippen molar-refractivity contribution >= 4 is 29.0 Å². The lowest BCUT2D eigenvalue weighted by Gasteiger charge is -2.22. The Kier molecular flexibility index (Phi) is 6.10. The van der Waals surface area contributed by atoms with E-state index >= 15 is 0 Å². The number of hydrogen-bond donors (Lipinski definition) is 2. The minimum absolute atomic E-state index is 0.0601. The Labute approximate surface area is 151 Å². The Bertz CT molecular complexity index is 665. The number of hydrogen-bond acceptors (Lipinski definition) is 3. The van der Waals surface area contributed by atoms with Gasteiger partial charge in [-0.1, -0.05) is 43.0 Å². The number of benzene rings is 1. The average Bonchev–Trinajstić information content (AvgIpc) is 3.05. The number of halogens is 1. The summed E-state index contributed by atoms with van der Waals surface area (Å²) in [5.41, 5.74) is 2.07. The molecule has 2 N–H and O–H groups in total. The summed E-state index contributed by atoms with van der Waals surface area (Å²) in [6.45, 7) is 0.600. The highest BCUT2D eigenvalue weighted by atomic mass is 35.5. The van der Waals surface area contributed by atoms with E-state index in [-0.39, 0.29) is 6.03 Å². The zero-order chi connectivity index (χ0) is 16.8. The number of aromatic nitrogens is 1. The van der Waals surface area contributed by atoms with Crippen LogP contribution < -0.4 is 10.6 Å². The summed E-state index contributed by atoms with van der Waals surface area (Å²) in [6, 6.07) is 7.97. The predicted octanol–water partition coefficient (Wildman–Crippen LogP) is 4.64. The van der Waals surface area contributed by atoms with Crippen molar-refractivity contribution in [2.75, 3.05) is 6.54 Å². The molecule has 1 aliphatic rings. The molecule has 1 aromatic carbocycles. The van der Waals surface area contributed by atoms with E-state index < -0.39 is 0 Å². The van der Waals surface area contributed by atoms with Crippen LogP contribution in [0.3, 0.4) is 0 Å². The second-order valence-corrected chi connectivity index (χ2v) is 7.43. The number of rotatable bonds is 5. The van der Waals surface area contributed by atoms with Crippen molar-refractivity contribution in [3.05, 3.63) is 40.4 Å². The Morgan fingerprint density at radius 1 is 1.21 bits per heavy atom. The van der Waals surface area contributed by atoms with Crippen molar-refractivity contribution in [2.45, 2.75) is 44.6 Å². The molecule has 4 nitrogen and oxygen atoms in total. The van der Waals surface area contributed by atoms with Gasteiger partial charge in [-0.05, 0) is 25.0 Å².